The number of halogens is 1. The van der Waals surface area contributed by atoms with Crippen LogP contribution in [0, 0.1) is 11.3 Å². The molecule has 0 aliphatic carbocycles. The lowest BCUT2D eigenvalue weighted by Gasteiger charge is -2.07. The Morgan fingerprint density at radius 1 is 1.14 bits per heavy atom. The first-order chi connectivity index (χ1) is 10.0. The molecule has 0 bridgehead atoms. The van der Waals surface area contributed by atoms with E-state index in [0.29, 0.717) is 11.1 Å². The van der Waals surface area contributed by atoms with E-state index in [1.165, 1.54) is 18.2 Å². The van der Waals surface area contributed by atoms with Gasteiger partial charge in [-0.15, -0.1) is 0 Å². The Morgan fingerprint density at radius 2 is 1.81 bits per heavy atom. The number of carbonyl (C=O) groups excluding carboxylic acids is 1. The minimum atomic E-state index is -1.19. The van der Waals surface area contributed by atoms with Crippen LogP contribution >= 0.6 is 11.6 Å². The average Bonchev–Trinajstić information content (AvgIpc) is 2.47. The van der Waals surface area contributed by atoms with E-state index in [4.69, 9.17) is 22.0 Å². The molecule has 2 aromatic carbocycles. The molecule has 21 heavy (non-hydrogen) atoms. The van der Waals surface area contributed by atoms with Crippen LogP contribution in [0.5, 0.6) is 0 Å². The highest BCUT2D eigenvalue weighted by Crippen LogP contribution is 2.22. The zero-order chi connectivity index (χ0) is 15.4. The average molecular weight is 300 g/mol. The molecule has 2 aromatic rings. The Kier molecular flexibility index (Phi) is 4.36. The van der Waals surface area contributed by atoms with Crippen molar-refractivity contribution in [2.45, 2.75) is 6.42 Å². The van der Waals surface area contributed by atoms with Gasteiger partial charge in [0.25, 0.3) is 0 Å². The van der Waals surface area contributed by atoms with E-state index < -0.39 is 5.97 Å². The van der Waals surface area contributed by atoms with Gasteiger partial charge in [-0.2, -0.15) is 5.26 Å². The van der Waals surface area contributed by atoms with Crippen LogP contribution in [0.25, 0.3) is 0 Å². The van der Waals surface area contributed by atoms with Gasteiger partial charge in [-0.25, -0.2) is 4.79 Å². The fraction of sp³-hybridized carbons (Fsp3) is 0.0625. The number of benzene rings is 2. The highest BCUT2D eigenvalue weighted by Gasteiger charge is 2.19. The molecule has 0 aliphatic heterocycles. The zero-order valence-electron chi connectivity index (χ0n) is 10.8. The van der Waals surface area contributed by atoms with E-state index in [-0.39, 0.29) is 28.4 Å². The van der Waals surface area contributed by atoms with Crippen molar-refractivity contribution < 1.29 is 14.7 Å². The number of nitrogens with zero attached hydrogens (tertiary/aromatic N) is 1. The largest absolute Gasteiger partial charge is 0.478 e. The minimum absolute atomic E-state index is 0.0102. The van der Waals surface area contributed by atoms with Crippen molar-refractivity contribution in [3.05, 3.63) is 69.7 Å². The molecule has 0 unspecified atom stereocenters. The van der Waals surface area contributed by atoms with Crippen molar-refractivity contribution in [3.8, 4) is 6.07 Å². The second kappa shape index (κ2) is 6.21. The molecule has 1 N–H and O–H groups in total. The Morgan fingerprint density at radius 3 is 2.38 bits per heavy atom. The normalized spacial score (nSPS) is 9.90. The topological polar surface area (TPSA) is 78.2 Å². The molecule has 0 aliphatic rings. The van der Waals surface area contributed by atoms with Crippen LogP contribution in [-0.4, -0.2) is 16.9 Å². The summed E-state index contributed by atoms with van der Waals surface area (Å²) in [6, 6.07) is 12.8. The Hall–Kier alpha value is -2.64. The molecular weight excluding hydrogens is 290 g/mol. The Bertz CT molecular complexity index is 745. The van der Waals surface area contributed by atoms with Crippen molar-refractivity contribution >= 4 is 23.4 Å². The van der Waals surface area contributed by atoms with Crippen molar-refractivity contribution in [2.75, 3.05) is 0 Å². The van der Waals surface area contributed by atoms with Gasteiger partial charge in [-0.05, 0) is 29.8 Å². The number of nitriles is 1. The van der Waals surface area contributed by atoms with Crippen molar-refractivity contribution in [3.63, 3.8) is 0 Å². The SMILES string of the molecule is N#Cc1ccc(CC(=O)c2c(Cl)cccc2C(=O)O)cc1. The maximum atomic E-state index is 12.3. The van der Waals surface area contributed by atoms with Gasteiger partial charge in [-0.1, -0.05) is 29.8 Å². The number of rotatable bonds is 4. The maximum Gasteiger partial charge on any atom is 0.336 e. The summed E-state index contributed by atoms with van der Waals surface area (Å²) in [5, 5.41) is 18.0. The lowest BCUT2D eigenvalue weighted by molar-refractivity contribution is 0.0692. The summed E-state index contributed by atoms with van der Waals surface area (Å²) in [5.74, 6) is -1.57. The molecule has 2 rings (SSSR count). The number of carboxylic acids is 1. The number of carboxylic acid groups (broad SMARTS) is 1. The zero-order valence-corrected chi connectivity index (χ0v) is 11.6. The van der Waals surface area contributed by atoms with Gasteiger partial charge in [0.15, 0.2) is 5.78 Å². The fourth-order valence-electron chi connectivity index (χ4n) is 1.96. The standard InChI is InChI=1S/C16H10ClNO3/c17-13-3-1-2-12(16(20)21)15(13)14(19)8-10-4-6-11(9-18)7-5-10/h1-7H,8H2,(H,20,21). The third kappa shape index (κ3) is 3.28. The van der Waals surface area contributed by atoms with E-state index in [2.05, 4.69) is 0 Å². The van der Waals surface area contributed by atoms with Gasteiger partial charge in [0, 0.05) is 6.42 Å². The van der Waals surface area contributed by atoms with E-state index in [1.54, 1.807) is 24.3 Å². The number of hydrogen-bond donors (Lipinski definition) is 1. The summed E-state index contributed by atoms with van der Waals surface area (Å²) in [6.45, 7) is 0. The summed E-state index contributed by atoms with van der Waals surface area (Å²) < 4.78 is 0. The van der Waals surface area contributed by atoms with Crippen molar-refractivity contribution in [2.24, 2.45) is 0 Å². The van der Waals surface area contributed by atoms with Crippen LogP contribution < -0.4 is 0 Å². The first-order valence-electron chi connectivity index (χ1n) is 6.07. The third-order valence-corrected chi connectivity index (χ3v) is 3.29. The first kappa shape index (κ1) is 14.8. The minimum Gasteiger partial charge on any atom is -0.478 e. The van der Waals surface area contributed by atoms with Crippen LogP contribution in [0.3, 0.4) is 0 Å². The van der Waals surface area contributed by atoms with Crippen molar-refractivity contribution in [1.29, 1.82) is 5.26 Å². The van der Waals surface area contributed by atoms with Gasteiger partial charge in [0.05, 0.1) is 27.8 Å². The third-order valence-electron chi connectivity index (χ3n) is 2.97. The maximum absolute atomic E-state index is 12.3. The Labute approximate surface area is 126 Å². The molecule has 0 saturated carbocycles. The quantitative estimate of drug-likeness (QED) is 0.878. The summed E-state index contributed by atoms with van der Waals surface area (Å²) in [7, 11) is 0. The van der Waals surface area contributed by atoms with Gasteiger partial charge >= 0.3 is 5.97 Å². The molecule has 0 spiro atoms. The fourth-order valence-corrected chi connectivity index (χ4v) is 2.24. The summed E-state index contributed by atoms with van der Waals surface area (Å²) >= 11 is 5.96. The highest BCUT2D eigenvalue weighted by atomic mass is 35.5. The number of Topliss-reactive ketones (excluding diaryl/α,β-unsaturated/α-hetero) is 1. The summed E-state index contributed by atoms with van der Waals surface area (Å²) in [4.78, 5) is 23.5. The molecule has 0 heterocycles. The number of aromatic carboxylic acids is 1. The predicted molar refractivity (Wildman–Crippen MR) is 77.6 cm³/mol. The highest BCUT2D eigenvalue weighted by molar-refractivity contribution is 6.35. The van der Waals surface area contributed by atoms with Gasteiger partial charge in [0.2, 0.25) is 0 Å². The predicted octanol–water partition coefficient (Wildman–Crippen LogP) is 3.34. The molecule has 0 saturated heterocycles. The van der Waals surface area contributed by atoms with Crippen molar-refractivity contribution in [1.82, 2.24) is 0 Å². The number of hydrogen-bond acceptors (Lipinski definition) is 3. The second-order valence-electron chi connectivity index (χ2n) is 4.38. The molecule has 104 valence electrons. The number of ketones is 1. The molecule has 4 nitrogen and oxygen atoms in total. The van der Waals surface area contributed by atoms with E-state index in [9.17, 15) is 9.59 Å². The molecule has 0 radical (unpaired) electrons. The molecule has 5 heteroatoms. The first-order valence-corrected chi connectivity index (χ1v) is 6.44. The van der Waals surface area contributed by atoms with Crippen LogP contribution in [0.2, 0.25) is 5.02 Å². The van der Waals surface area contributed by atoms with Gasteiger partial charge < -0.3 is 5.11 Å². The Balaban J connectivity index is 2.32. The molecule has 0 fully saturated rings. The van der Waals surface area contributed by atoms with E-state index in [0.717, 1.165) is 0 Å². The van der Waals surface area contributed by atoms with E-state index in [1.807, 2.05) is 6.07 Å². The van der Waals surface area contributed by atoms with Crippen LogP contribution in [0.15, 0.2) is 42.5 Å². The molecule has 0 atom stereocenters. The summed E-state index contributed by atoms with van der Waals surface area (Å²) in [5.41, 5.74) is 1.09. The molecular formula is C16H10ClNO3. The lowest BCUT2D eigenvalue weighted by atomic mass is 9.98. The smallest absolute Gasteiger partial charge is 0.336 e. The monoisotopic (exact) mass is 299 g/mol. The van der Waals surface area contributed by atoms with Gasteiger partial charge in [-0.3, -0.25) is 4.79 Å². The van der Waals surface area contributed by atoms with Crippen LogP contribution in [-0.2, 0) is 6.42 Å². The lowest BCUT2D eigenvalue weighted by Crippen LogP contribution is -2.11. The van der Waals surface area contributed by atoms with Gasteiger partial charge in [0.1, 0.15) is 0 Å². The number of carbonyl (C=O) groups is 2. The van der Waals surface area contributed by atoms with Crippen LogP contribution in [0.4, 0.5) is 0 Å². The van der Waals surface area contributed by atoms with E-state index >= 15 is 0 Å². The van der Waals surface area contributed by atoms with Crippen LogP contribution in [0.1, 0.15) is 31.8 Å². The summed E-state index contributed by atoms with van der Waals surface area (Å²) in [6.07, 6.45) is 0.0235. The molecule has 0 aromatic heterocycles. The second-order valence-corrected chi connectivity index (χ2v) is 4.78. The molecule has 0 amide bonds.